The zero-order valence-corrected chi connectivity index (χ0v) is 9.74. The van der Waals surface area contributed by atoms with Gasteiger partial charge >= 0.3 is 0 Å². The Balaban J connectivity index is 2.65. The Morgan fingerprint density at radius 2 is 1.71 bits per heavy atom. The fraction of sp³-hybridized carbons (Fsp3) is 0.333. The third-order valence-corrected chi connectivity index (χ3v) is 2.29. The molecule has 78 valence electrons. The van der Waals surface area contributed by atoms with Gasteiger partial charge < -0.3 is 10.4 Å². The van der Waals surface area contributed by atoms with Crippen LogP contribution in [0.25, 0.3) is 0 Å². The van der Waals surface area contributed by atoms with E-state index in [1.807, 2.05) is 19.1 Å². The van der Waals surface area contributed by atoms with Gasteiger partial charge in [0, 0.05) is 5.69 Å². The molecule has 1 aromatic rings. The molecule has 1 unspecified atom stereocenters. The van der Waals surface area contributed by atoms with Crippen LogP contribution in [-0.4, -0.2) is 15.1 Å². The molecule has 0 saturated heterocycles. The first-order valence-electron chi connectivity index (χ1n) is 3.97. The number of benzene rings is 1. The average molecular weight is 255 g/mol. The SMILES string of the molecule is Cc1ccc(NC(O)C(Cl)(Cl)Cl)cc1. The first-order valence-corrected chi connectivity index (χ1v) is 5.11. The van der Waals surface area contributed by atoms with E-state index in [9.17, 15) is 5.11 Å². The number of aliphatic hydroxyl groups excluding tert-OH is 1. The molecule has 0 aliphatic rings. The van der Waals surface area contributed by atoms with Gasteiger partial charge in [0.2, 0.25) is 3.79 Å². The van der Waals surface area contributed by atoms with Crippen molar-refractivity contribution < 1.29 is 5.11 Å². The predicted molar refractivity (Wildman–Crippen MR) is 61.1 cm³/mol. The van der Waals surface area contributed by atoms with Gasteiger partial charge in [0.25, 0.3) is 0 Å². The zero-order valence-electron chi connectivity index (χ0n) is 7.47. The van der Waals surface area contributed by atoms with E-state index in [0.717, 1.165) is 5.56 Å². The predicted octanol–water partition coefficient (Wildman–Crippen LogP) is 3.10. The summed E-state index contributed by atoms with van der Waals surface area (Å²) in [6, 6.07) is 7.39. The zero-order chi connectivity index (χ0) is 10.8. The summed E-state index contributed by atoms with van der Waals surface area (Å²) >= 11 is 16.4. The molecule has 0 amide bonds. The van der Waals surface area contributed by atoms with E-state index in [4.69, 9.17) is 34.8 Å². The summed E-state index contributed by atoms with van der Waals surface area (Å²) in [5.74, 6) is 0. The van der Waals surface area contributed by atoms with Crippen molar-refractivity contribution in [1.82, 2.24) is 0 Å². The lowest BCUT2D eigenvalue weighted by atomic mass is 10.2. The van der Waals surface area contributed by atoms with Gasteiger partial charge in [0.05, 0.1) is 0 Å². The van der Waals surface area contributed by atoms with Crippen LogP contribution in [0.1, 0.15) is 5.56 Å². The van der Waals surface area contributed by atoms with Crippen molar-refractivity contribution >= 4 is 40.5 Å². The highest BCUT2D eigenvalue weighted by molar-refractivity contribution is 6.68. The molecule has 2 nitrogen and oxygen atoms in total. The van der Waals surface area contributed by atoms with E-state index in [1.54, 1.807) is 12.1 Å². The first kappa shape index (κ1) is 11.9. The summed E-state index contributed by atoms with van der Waals surface area (Å²) in [6.07, 6.45) is -1.23. The number of hydrogen-bond donors (Lipinski definition) is 2. The van der Waals surface area contributed by atoms with Crippen molar-refractivity contribution in [2.45, 2.75) is 16.9 Å². The molecule has 14 heavy (non-hydrogen) atoms. The summed E-state index contributed by atoms with van der Waals surface area (Å²) in [5.41, 5.74) is 1.83. The summed E-state index contributed by atoms with van der Waals surface area (Å²) in [4.78, 5) is 0. The highest BCUT2D eigenvalue weighted by atomic mass is 35.6. The second kappa shape index (κ2) is 4.58. The molecule has 0 aliphatic heterocycles. The van der Waals surface area contributed by atoms with Gasteiger partial charge in [-0.25, -0.2) is 0 Å². The van der Waals surface area contributed by atoms with Gasteiger partial charge in [-0.05, 0) is 19.1 Å². The van der Waals surface area contributed by atoms with Crippen molar-refractivity contribution in [3.05, 3.63) is 29.8 Å². The van der Waals surface area contributed by atoms with Gasteiger partial charge in [-0.15, -0.1) is 0 Å². The number of halogens is 3. The second-order valence-corrected chi connectivity index (χ2v) is 5.32. The number of rotatable bonds is 2. The third kappa shape index (κ3) is 3.54. The Morgan fingerprint density at radius 1 is 1.21 bits per heavy atom. The number of nitrogens with one attached hydrogen (secondary N) is 1. The first-order chi connectivity index (χ1) is 6.39. The molecule has 2 N–H and O–H groups in total. The maximum Gasteiger partial charge on any atom is 0.234 e. The van der Waals surface area contributed by atoms with Crippen LogP contribution >= 0.6 is 34.8 Å². The van der Waals surface area contributed by atoms with Crippen molar-refractivity contribution in [1.29, 1.82) is 0 Å². The fourth-order valence-corrected chi connectivity index (χ4v) is 1.05. The Hall–Kier alpha value is -0.150. The van der Waals surface area contributed by atoms with E-state index < -0.39 is 10.0 Å². The molecule has 0 saturated carbocycles. The minimum Gasteiger partial charge on any atom is -0.370 e. The fourth-order valence-electron chi connectivity index (χ4n) is 0.889. The molecule has 0 radical (unpaired) electrons. The molecular weight excluding hydrogens is 244 g/mol. The van der Waals surface area contributed by atoms with Crippen LogP contribution in [0, 0.1) is 6.92 Å². The minimum atomic E-state index is -1.73. The molecule has 0 fully saturated rings. The number of alkyl halides is 3. The number of hydrogen-bond acceptors (Lipinski definition) is 2. The smallest absolute Gasteiger partial charge is 0.234 e. The molecular formula is C9H10Cl3NO. The van der Waals surface area contributed by atoms with Crippen LogP contribution in [0.15, 0.2) is 24.3 Å². The Morgan fingerprint density at radius 3 is 2.14 bits per heavy atom. The van der Waals surface area contributed by atoms with Gasteiger partial charge in [-0.2, -0.15) is 0 Å². The van der Waals surface area contributed by atoms with Crippen molar-refractivity contribution in [2.24, 2.45) is 0 Å². The monoisotopic (exact) mass is 253 g/mol. The molecule has 5 heteroatoms. The van der Waals surface area contributed by atoms with Crippen LogP contribution in [0.5, 0.6) is 0 Å². The minimum absolute atomic E-state index is 0.703. The van der Waals surface area contributed by atoms with E-state index in [2.05, 4.69) is 5.32 Å². The quantitative estimate of drug-likeness (QED) is 0.628. The highest BCUT2D eigenvalue weighted by Crippen LogP contribution is 2.30. The molecule has 0 bridgehead atoms. The standard InChI is InChI=1S/C9H10Cl3NO/c1-6-2-4-7(5-3-6)13-8(14)9(10,11)12/h2-5,8,13-14H,1H3. The highest BCUT2D eigenvalue weighted by Gasteiger charge is 2.30. The van der Waals surface area contributed by atoms with E-state index in [0.29, 0.717) is 5.69 Å². The van der Waals surface area contributed by atoms with Crippen molar-refractivity contribution in [2.75, 3.05) is 5.32 Å². The van der Waals surface area contributed by atoms with Crippen molar-refractivity contribution in [3.63, 3.8) is 0 Å². The van der Waals surface area contributed by atoms with E-state index in [-0.39, 0.29) is 0 Å². The number of aryl methyl sites for hydroxylation is 1. The lowest BCUT2D eigenvalue weighted by molar-refractivity contribution is 0.208. The van der Waals surface area contributed by atoms with Crippen LogP contribution in [0.4, 0.5) is 5.69 Å². The normalized spacial score (nSPS) is 13.8. The molecule has 0 spiro atoms. The maximum absolute atomic E-state index is 9.40. The molecule has 0 aliphatic carbocycles. The van der Waals surface area contributed by atoms with E-state index >= 15 is 0 Å². The number of aliphatic hydroxyl groups is 1. The van der Waals surface area contributed by atoms with E-state index in [1.165, 1.54) is 0 Å². The van der Waals surface area contributed by atoms with Crippen LogP contribution in [0.3, 0.4) is 0 Å². The van der Waals surface area contributed by atoms with Crippen LogP contribution in [-0.2, 0) is 0 Å². The van der Waals surface area contributed by atoms with Gasteiger partial charge in [0.15, 0.2) is 6.23 Å². The largest absolute Gasteiger partial charge is 0.370 e. The topological polar surface area (TPSA) is 32.3 Å². The molecule has 1 rings (SSSR count). The molecule has 1 aromatic carbocycles. The Bertz CT molecular complexity index is 294. The van der Waals surface area contributed by atoms with Crippen molar-refractivity contribution in [3.8, 4) is 0 Å². The molecule has 0 aromatic heterocycles. The lowest BCUT2D eigenvalue weighted by Crippen LogP contribution is -2.33. The second-order valence-electron chi connectivity index (χ2n) is 2.95. The summed E-state index contributed by atoms with van der Waals surface area (Å²) in [7, 11) is 0. The Kier molecular flexibility index (Phi) is 3.90. The van der Waals surface area contributed by atoms with Gasteiger partial charge in [-0.1, -0.05) is 52.5 Å². The number of anilines is 1. The van der Waals surface area contributed by atoms with Crippen LogP contribution < -0.4 is 5.32 Å². The van der Waals surface area contributed by atoms with Crippen LogP contribution in [0.2, 0.25) is 0 Å². The summed E-state index contributed by atoms with van der Waals surface area (Å²) in [6.45, 7) is 1.97. The average Bonchev–Trinajstić information content (AvgIpc) is 2.07. The van der Waals surface area contributed by atoms with Gasteiger partial charge in [0.1, 0.15) is 0 Å². The summed E-state index contributed by atoms with van der Waals surface area (Å²) < 4.78 is -1.73. The summed E-state index contributed by atoms with van der Waals surface area (Å²) in [5, 5.41) is 12.1. The molecule has 1 atom stereocenters. The maximum atomic E-state index is 9.40. The third-order valence-electron chi connectivity index (χ3n) is 1.67. The Labute approximate surface area is 97.8 Å². The lowest BCUT2D eigenvalue weighted by Gasteiger charge is -2.21. The van der Waals surface area contributed by atoms with Gasteiger partial charge in [-0.3, -0.25) is 0 Å². The molecule has 0 heterocycles.